The Hall–Kier alpha value is -2.07. The number of carbonyl (C=O) groups excluding carboxylic acids is 1. The molecule has 0 saturated carbocycles. The summed E-state index contributed by atoms with van der Waals surface area (Å²) in [6, 6.07) is 11.6. The van der Waals surface area contributed by atoms with Gasteiger partial charge in [0.2, 0.25) is 5.91 Å². The molecule has 1 amide bonds. The number of nitrogen functional groups attached to an aromatic ring is 1. The highest BCUT2D eigenvalue weighted by Crippen LogP contribution is 2.16. The molecule has 0 unspecified atom stereocenters. The van der Waals surface area contributed by atoms with E-state index in [-0.39, 0.29) is 17.4 Å². The van der Waals surface area contributed by atoms with E-state index in [9.17, 15) is 9.18 Å². The zero-order chi connectivity index (χ0) is 14.5. The van der Waals surface area contributed by atoms with Crippen LogP contribution in [0.3, 0.4) is 0 Å². The van der Waals surface area contributed by atoms with Gasteiger partial charge in [-0.15, -0.1) is 0 Å². The van der Waals surface area contributed by atoms with Crippen LogP contribution in [0.2, 0.25) is 5.02 Å². The maximum atomic E-state index is 13.0. The van der Waals surface area contributed by atoms with E-state index in [1.54, 1.807) is 12.1 Å². The van der Waals surface area contributed by atoms with E-state index in [0.29, 0.717) is 12.2 Å². The molecule has 0 aromatic heterocycles. The summed E-state index contributed by atoms with van der Waals surface area (Å²) in [6.07, 6.45) is 0.210. The summed E-state index contributed by atoms with van der Waals surface area (Å²) in [4.78, 5) is 11.8. The minimum Gasteiger partial charge on any atom is -0.398 e. The summed E-state index contributed by atoms with van der Waals surface area (Å²) in [7, 11) is 0. The Bertz CT molecular complexity index is 631. The van der Waals surface area contributed by atoms with Crippen molar-refractivity contribution < 1.29 is 9.18 Å². The highest BCUT2D eigenvalue weighted by Gasteiger charge is 2.06. The van der Waals surface area contributed by atoms with Gasteiger partial charge in [0.25, 0.3) is 0 Å². The predicted molar refractivity (Wildman–Crippen MR) is 77.8 cm³/mol. The first-order valence-corrected chi connectivity index (χ1v) is 6.48. The van der Waals surface area contributed by atoms with Gasteiger partial charge in [-0.2, -0.15) is 0 Å². The van der Waals surface area contributed by atoms with Crippen LogP contribution in [0.5, 0.6) is 0 Å². The van der Waals surface area contributed by atoms with Crippen LogP contribution in [0.4, 0.5) is 10.1 Å². The quantitative estimate of drug-likeness (QED) is 0.851. The molecule has 2 rings (SSSR count). The van der Waals surface area contributed by atoms with Gasteiger partial charge in [0, 0.05) is 12.2 Å². The summed E-state index contributed by atoms with van der Waals surface area (Å²) in [5.41, 5.74) is 7.88. The molecule has 0 aliphatic carbocycles. The van der Waals surface area contributed by atoms with Crippen molar-refractivity contribution in [3.63, 3.8) is 0 Å². The highest BCUT2D eigenvalue weighted by molar-refractivity contribution is 6.30. The number of carbonyl (C=O) groups is 1. The Morgan fingerprint density at radius 1 is 1.25 bits per heavy atom. The van der Waals surface area contributed by atoms with Crippen LogP contribution in [0.15, 0.2) is 42.5 Å². The molecule has 0 aliphatic rings. The van der Waals surface area contributed by atoms with Crippen LogP contribution in [0.25, 0.3) is 0 Å². The van der Waals surface area contributed by atoms with Gasteiger partial charge >= 0.3 is 0 Å². The van der Waals surface area contributed by atoms with Crippen molar-refractivity contribution in [2.45, 2.75) is 13.0 Å². The molecule has 0 radical (unpaired) electrons. The van der Waals surface area contributed by atoms with Crippen LogP contribution in [0.1, 0.15) is 11.1 Å². The first kappa shape index (κ1) is 14.3. The zero-order valence-corrected chi connectivity index (χ0v) is 11.5. The Morgan fingerprint density at radius 2 is 2.00 bits per heavy atom. The van der Waals surface area contributed by atoms with Gasteiger partial charge in [-0.05, 0) is 29.3 Å². The predicted octanol–water partition coefficient (Wildman–Crippen LogP) is 2.92. The molecule has 0 fully saturated rings. The van der Waals surface area contributed by atoms with Gasteiger partial charge in [-0.3, -0.25) is 4.79 Å². The fraction of sp³-hybridized carbons (Fsp3) is 0.133. The number of hydrogen-bond acceptors (Lipinski definition) is 2. The van der Waals surface area contributed by atoms with Crippen molar-refractivity contribution in [3.8, 4) is 0 Å². The fourth-order valence-electron chi connectivity index (χ4n) is 1.78. The second kappa shape index (κ2) is 6.39. The van der Waals surface area contributed by atoms with Gasteiger partial charge in [0.05, 0.1) is 11.4 Å². The molecule has 0 saturated heterocycles. The topological polar surface area (TPSA) is 55.1 Å². The van der Waals surface area contributed by atoms with E-state index in [1.807, 2.05) is 18.2 Å². The molecular formula is C15H14ClFN2O. The Kier molecular flexibility index (Phi) is 4.58. The summed E-state index contributed by atoms with van der Waals surface area (Å²) < 4.78 is 13.0. The van der Waals surface area contributed by atoms with E-state index in [0.717, 1.165) is 11.1 Å². The van der Waals surface area contributed by atoms with Gasteiger partial charge in [0.1, 0.15) is 5.82 Å². The molecule has 20 heavy (non-hydrogen) atoms. The van der Waals surface area contributed by atoms with Gasteiger partial charge in [-0.25, -0.2) is 4.39 Å². The number of anilines is 1. The van der Waals surface area contributed by atoms with Crippen LogP contribution in [-0.2, 0) is 17.8 Å². The number of rotatable bonds is 4. The second-order valence-corrected chi connectivity index (χ2v) is 4.81. The molecule has 5 heteroatoms. The van der Waals surface area contributed by atoms with Gasteiger partial charge in [0.15, 0.2) is 0 Å². The smallest absolute Gasteiger partial charge is 0.224 e. The lowest BCUT2D eigenvalue weighted by atomic mass is 10.1. The lowest BCUT2D eigenvalue weighted by Crippen LogP contribution is -2.24. The molecule has 3 nitrogen and oxygen atoms in total. The van der Waals surface area contributed by atoms with Crippen molar-refractivity contribution in [2.24, 2.45) is 0 Å². The largest absolute Gasteiger partial charge is 0.398 e. The molecule has 0 spiro atoms. The average molecular weight is 293 g/mol. The third-order valence-electron chi connectivity index (χ3n) is 2.88. The summed E-state index contributed by atoms with van der Waals surface area (Å²) in [6.45, 7) is 0.297. The molecule has 3 N–H and O–H groups in total. The van der Waals surface area contributed by atoms with E-state index >= 15 is 0 Å². The standard InChI is InChI=1S/C15H14ClFN2O/c16-12-7-10(5-6-13(12)17)9-19-15(20)8-11-3-1-2-4-14(11)18/h1-7H,8-9,18H2,(H,19,20). The highest BCUT2D eigenvalue weighted by atomic mass is 35.5. The Balaban J connectivity index is 1.92. The van der Waals surface area contributed by atoms with Gasteiger partial charge in [-0.1, -0.05) is 35.9 Å². The summed E-state index contributed by atoms with van der Waals surface area (Å²) in [5, 5.41) is 2.79. The molecule has 0 aliphatic heterocycles. The number of para-hydroxylation sites is 1. The van der Waals surface area contributed by atoms with Crippen molar-refractivity contribution in [1.82, 2.24) is 5.32 Å². The van der Waals surface area contributed by atoms with Crippen LogP contribution in [0, 0.1) is 5.82 Å². The molecule has 0 atom stereocenters. The Morgan fingerprint density at radius 3 is 2.70 bits per heavy atom. The minimum absolute atomic E-state index is 0.0454. The number of hydrogen-bond donors (Lipinski definition) is 2. The Labute approximate surface area is 121 Å². The lowest BCUT2D eigenvalue weighted by molar-refractivity contribution is -0.120. The second-order valence-electron chi connectivity index (χ2n) is 4.40. The zero-order valence-electron chi connectivity index (χ0n) is 10.7. The fourth-order valence-corrected chi connectivity index (χ4v) is 1.98. The van der Waals surface area contributed by atoms with E-state index in [4.69, 9.17) is 17.3 Å². The molecule has 2 aromatic carbocycles. The molecule has 0 bridgehead atoms. The lowest BCUT2D eigenvalue weighted by Gasteiger charge is -2.07. The molecule has 104 valence electrons. The minimum atomic E-state index is -0.473. The third-order valence-corrected chi connectivity index (χ3v) is 3.17. The number of benzene rings is 2. The van der Waals surface area contributed by atoms with Crippen LogP contribution < -0.4 is 11.1 Å². The molecule has 2 aromatic rings. The first-order chi connectivity index (χ1) is 9.56. The van der Waals surface area contributed by atoms with Crippen molar-refractivity contribution in [3.05, 3.63) is 64.4 Å². The SMILES string of the molecule is Nc1ccccc1CC(=O)NCc1ccc(F)c(Cl)c1. The number of halogens is 2. The van der Waals surface area contributed by atoms with Crippen molar-refractivity contribution >= 4 is 23.2 Å². The average Bonchev–Trinajstić information content (AvgIpc) is 2.43. The maximum Gasteiger partial charge on any atom is 0.224 e. The van der Waals surface area contributed by atoms with Crippen molar-refractivity contribution in [1.29, 1.82) is 0 Å². The summed E-state index contributed by atoms with van der Waals surface area (Å²) >= 11 is 5.68. The maximum absolute atomic E-state index is 13.0. The first-order valence-electron chi connectivity index (χ1n) is 6.10. The number of amides is 1. The number of nitrogens with one attached hydrogen (secondary N) is 1. The van der Waals surface area contributed by atoms with Crippen molar-refractivity contribution in [2.75, 3.05) is 5.73 Å². The van der Waals surface area contributed by atoms with E-state index in [2.05, 4.69) is 5.32 Å². The third kappa shape index (κ3) is 3.71. The van der Waals surface area contributed by atoms with E-state index in [1.165, 1.54) is 12.1 Å². The normalized spacial score (nSPS) is 10.3. The monoisotopic (exact) mass is 292 g/mol. The van der Waals surface area contributed by atoms with Crippen LogP contribution in [-0.4, -0.2) is 5.91 Å². The van der Waals surface area contributed by atoms with Gasteiger partial charge < -0.3 is 11.1 Å². The van der Waals surface area contributed by atoms with E-state index < -0.39 is 5.82 Å². The summed E-state index contributed by atoms with van der Waals surface area (Å²) in [5.74, 6) is -0.623. The van der Waals surface area contributed by atoms with Crippen LogP contribution >= 0.6 is 11.6 Å². The molecular weight excluding hydrogens is 279 g/mol. The molecule has 0 heterocycles. The number of nitrogens with two attached hydrogens (primary N) is 1.